The summed E-state index contributed by atoms with van der Waals surface area (Å²) in [5, 5.41) is 5.91. The van der Waals surface area contributed by atoms with Gasteiger partial charge in [-0.2, -0.15) is 11.8 Å². The molecule has 5 nitrogen and oxygen atoms in total. The van der Waals surface area contributed by atoms with E-state index in [9.17, 15) is 4.79 Å². The molecule has 0 saturated heterocycles. The van der Waals surface area contributed by atoms with Crippen LogP contribution >= 0.6 is 11.8 Å². The van der Waals surface area contributed by atoms with Crippen LogP contribution in [-0.4, -0.2) is 35.2 Å². The molecule has 1 rings (SSSR count). The zero-order valence-electron chi connectivity index (χ0n) is 13.2. The van der Waals surface area contributed by atoms with Crippen LogP contribution in [0, 0.1) is 0 Å². The second-order valence-corrected chi connectivity index (χ2v) is 6.67. The Hall–Kier alpha value is -1.43. The monoisotopic (exact) mass is 311 g/mol. The van der Waals surface area contributed by atoms with Gasteiger partial charge in [0.25, 0.3) is 0 Å². The first kappa shape index (κ1) is 17.6. The molecule has 0 spiro atoms. The first-order chi connectivity index (χ1) is 9.90. The molecule has 0 radical (unpaired) electrons. The van der Waals surface area contributed by atoms with Crippen LogP contribution < -0.4 is 10.6 Å². The Morgan fingerprint density at radius 3 is 2.67 bits per heavy atom. The number of pyridine rings is 1. The van der Waals surface area contributed by atoms with E-state index in [2.05, 4.69) is 21.9 Å². The van der Waals surface area contributed by atoms with Crippen molar-refractivity contribution in [3.8, 4) is 0 Å². The van der Waals surface area contributed by atoms with Crippen molar-refractivity contribution in [1.82, 2.24) is 4.98 Å². The summed E-state index contributed by atoms with van der Waals surface area (Å²) >= 11 is 1.87. The van der Waals surface area contributed by atoms with Gasteiger partial charge in [0.1, 0.15) is 11.4 Å². The van der Waals surface area contributed by atoms with Gasteiger partial charge in [0.2, 0.25) is 0 Å². The van der Waals surface area contributed by atoms with E-state index < -0.39 is 11.7 Å². The summed E-state index contributed by atoms with van der Waals surface area (Å²) in [6.45, 7) is 6.40. The summed E-state index contributed by atoms with van der Waals surface area (Å²) in [5.74, 6) is 1.68. The lowest BCUT2D eigenvalue weighted by Gasteiger charge is -2.19. The Balaban J connectivity index is 2.35. The number of aromatic nitrogens is 1. The summed E-state index contributed by atoms with van der Waals surface area (Å²) in [5.41, 5.74) is 0.441. The maximum atomic E-state index is 11.6. The van der Waals surface area contributed by atoms with Crippen LogP contribution in [0.4, 0.5) is 16.3 Å². The maximum Gasteiger partial charge on any atom is 0.413 e. The molecule has 2 N–H and O–H groups in total. The maximum absolute atomic E-state index is 11.6. The molecule has 21 heavy (non-hydrogen) atoms. The zero-order chi connectivity index (χ0) is 15.7. The van der Waals surface area contributed by atoms with E-state index in [1.807, 2.05) is 38.6 Å². The van der Waals surface area contributed by atoms with Crippen molar-refractivity contribution in [3.63, 3.8) is 0 Å². The number of carbonyl (C=O) groups excluding carboxylic acids is 1. The fourth-order valence-corrected chi connectivity index (χ4v) is 2.08. The molecule has 0 bridgehead atoms. The third kappa shape index (κ3) is 8.45. The van der Waals surface area contributed by atoms with E-state index in [4.69, 9.17) is 4.74 Å². The van der Waals surface area contributed by atoms with E-state index in [0.29, 0.717) is 5.82 Å². The normalized spacial score (nSPS) is 11.0. The minimum absolute atomic E-state index is 0.484. The highest BCUT2D eigenvalue weighted by molar-refractivity contribution is 7.98. The average Bonchev–Trinajstić information content (AvgIpc) is 2.38. The number of amides is 1. The van der Waals surface area contributed by atoms with Crippen molar-refractivity contribution >= 4 is 29.4 Å². The zero-order valence-corrected chi connectivity index (χ0v) is 14.0. The fraction of sp³-hybridized carbons (Fsp3) is 0.600. The van der Waals surface area contributed by atoms with E-state index in [0.717, 1.165) is 18.7 Å². The predicted octanol–water partition coefficient (Wildman–Crippen LogP) is 3.98. The predicted molar refractivity (Wildman–Crippen MR) is 90.2 cm³/mol. The first-order valence-corrected chi connectivity index (χ1v) is 8.49. The van der Waals surface area contributed by atoms with Gasteiger partial charge < -0.3 is 10.1 Å². The van der Waals surface area contributed by atoms with Gasteiger partial charge in [-0.1, -0.05) is 0 Å². The number of nitrogens with one attached hydrogen (secondary N) is 2. The highest BCUT2D eigenvalue weighted by atomic mass is 32.2. The molecule has 0 aliphatic rings. The number of carbonyl (C=O) groups is 1. The molecule has 6 heteroatoms. The van der Waals surface area contributed by atoms with Crippen LogP contribution in [0.15, 0.2) is 18.3 Å². The van der Waals surface area contributed by atoms with Gasteiger partial charge >= 0.3 is 6.09 Å². The third-order valence-electron chi connectivity index (χ3n) is 2.50. The van der Waals surface area contributed by atoms with Crippen molar-refractivity contribution < 1.29 is 9.53 Å². The van der Waals surface area contributed by atoms with Crippen LogP contribution in [0.3, 0.4) is 0 Å². The van der Waals surface area contributed by atoms with Crippen LogP contribution in [0.5, 0.6) is 0 Å². The second-order valence-electron chi connectivity index (χ2n) is 5.69. The van der Waals surface area contributed by atoms with Gasteiger partial charge in [-0.05, 0) is 57.8 Å². The minimum atomic E-state index is -0.512. The molecule has 1 heterocycles. The largest absolute Gasteiger partial charge is 0.444 e. The lowest BCUT2D eigenvalue weighted by Crippen LogP contribution is -2.27. The SMILES string of the molecule is CSCCCCNc1ccc(NC(=O)OC(C)(C)C)nc1. The number of ether oxygens (including phenoxy) is 1. The van der Waals surface area contributed by atoms with Crippen LogP contribution in [0.2, 0.25) is 0 Å². The van der Waals surface area contributed by atoms with Crippen LogP contribution in [0.25, 0.3) is 0 Å². The summed E-state index contributed by atoms with van der Waals surface area (Å²) < 4.78 is 5.17. The number of rotatable bonds is 7. The average molecular weight is 311 g/mol. The van der Waals surface area contributed by atoms with Crippen molar-refractivity contribution in [3.05, 3.63) is 18.3 Å². The second kappa shape index (κ2) is 8.77. The number of hydrogen-bond acceptors (Lipinski definition) is 5. The smallest absolute Gasteiger partial charge is 0.413 e. The number of hydrogen-bond donors (Lipinski definition) is 2. The molecule has 118 valence electrons. The Morgan fingerprint density at radius 1 is 1.33 bits per heavy atom. The van der Waals surface area contributed by atoms with Crippen molar-refractivity contribution in [2.75, 3.05) is 29.2 Å². The number of anilines is 2. The number of unbranched alkanes of at least 4 members (excludes halogenated alkanes) is 1. The molecule has 0 unspecified atom stereocenters. The van der Waals surface area contributed by atoms with Gasteiger partial charge in [0.15, 0.2) is 0 Å². The highest BCUT2D eigenvalue weighted by Gasteiger charge is 2.16. The summed E-state index contributed by atoms with van der Waals surface area (Å²) in [6.07, 6.45) is 5.68. The quantitative estimate of drug-likeness (QED) is 0.746. The van der Waals surface area contributed by atoms with Gasteiger partial charge in [-0.3, -0.25) is 5.32 Å². The van der Waals surface area contributed by atoms with Crippen molar-refractivity contribution in [1.29, 1.82) is 0 Å². The van der Waals surface area contributed by atoms with Crippen molar-refractivity contribution in [2.45, 2.75) is 39.2 Å². The molecular formula is C15H25N3O2S. The minimum Gasteiger partial charge on any atom is -0.444 e. The van der Waals surface area contributed by atoms with Gasteiger partial charge in [-0.25, -0.2) is 9.78 Å². The summed E-state index contributed by atoms with van der Waals surface area (Å²) in [6, 6.07) is 3.66. The van der Waals surface area contributed by atoms with Crippen LogP contribution in [0.1, 0.15) is 33.6 Å². The Morgan fingerprint density at radius 2 is 2.10 bits per heavy atom. The van der Waals surface area contributed by atoms with E-state index in [1.54, 1.807) is 12.3 Å². The molecule has 0 aliphatic carbocycles. The highest BCUT2D eigenvalue weighted by Crippen LogP contribution is 2.12. The lowest BCUT2D eigenvalue weighted by molar-refractivity contribution is 0.0635. The Kier molecular flexibility index (Phi) is 7.36. The number of nitrogens with zero attached hydrogens (tertiary/aromatic N) is 1. The first-order valence-electron chi connectivity index (χ1n) is 7.09. The Bertz CT molecular complexity index is 430. The molecular weight excluding hydrogens is 286 g/mol. The molecule has 0 aromatic carbocycles. The fourth-order valence-electron chi connectivity index (χ4n) is 1.58. The van der Waals surface area contributed by atoms with E-state index in [-0.39, 0.29) is 0 Å². The topological polar surface area (TPSA) is 63.2 Å². The van der Waals surface area contributed by atoms with Crippen molar-refractivity contribution in [2.24, 2.45) is 0 Å². The van der Waals surface area contributed by atoms with Gasteiger partial charge in [0.05, 0.1) is 11.9 Å². The number of thioether (sulfide) groups is 1. The van der Waals surface area contributed by atoms with E-state index >= 15 is 0 Å². The van der Waals surface area contributed by atoms with Crippen LogP contribution in [-0.2, 0) is 4.74 Å². The lowest BCUT2D eigenvalue weighted by atomic mass is 10.2. The molecule has 0 saturated carbocycles. The molecule has 1 aromatic heterocycles. The molecule has 1 amide bonds. The van der Waals surface area contributed by atoms with Gasteiger partial charge in [-0.15, -0.1) is 0 Å². The summed E-state index contributed by atoms with van der Waals surface area (Å²) in [7, 11) is 0. The molecule has 0 aliphatic heterocycles. The van der Waals surface area contributed by atoms with Gasteiger partial charge in [0, 0.05) is 6.54 Å². The standard InChI is InChI=1S/C15H25N3O2S/c1-15(2,3)20-14(19)18-13-8-7-12(11-17-13)16-9-5-6-10-21-4/h7-8,11,16H,5-6,9-10H2,1-4H3,(H,17,18,19). The summed E-state index contributed by atoms with van der Waals surface area (Å²) in [4.78, 5) is 15.8. The Labute approximate surface area is 131 Å². The molecule has 0 fully saturated rings. The van der Waals surface area contributed by atoms with E-state index in [1.165, 1.54) is 12.2 Å². The molecule has 0 atom stereocenters. The molecule has 1 aromatic rings. The third-order valence-corrected chi connectivity index (χ3v) is 3.19.